The maximum atomic E-state index is 12.1. The second-order valence-electron chi connectivity index (χ2n) is 4.15. The van der Waals surface area contributed by atoms with Gasteiger partial charge in [-0.2, -0.15) is 0 Å². The maximum absolute atomic E-state index is 12.1. The van der Waals surface area contributed by atoms with Gasteiger partial charge in [-0.05, 0) is 6.42 Å². The molecule has 8 nitrogen and oxygen atoms in total. The third-order valence-corrected chi connectivity index (χ3v) is 4.22. The number of nitrogens with one attached hydrogen (secondary N) is 3. The average molecular weight is 285 g/mol. The molecule has 1 unspecified atom stereocenters. The summed E-state index contributed by atoms with van der Waals surface area (Å²) in [5.41, 5.74) is 0. The lowest BCUT2D eigenvalue weighted by atomic mass is 10.1. The van der Waals surface area contributed by atoms with Crippen LogP contribution < -0.4 is 15.4 Å². The Kier molecular flexibility index (Phi) is 3.96. The highest BCUT2D eigenvalue weighted by Gasteiger charge is 2.24. The monoisotopic (exact) mass is 285 g/mol. The van der Waals surface area contributed by atoms with Gasteiger partial charge in [-0.15, -0.1) is 0 Å². The van der Waals surface area contributed by atoms with E-state index in [1.165, 1.54) is 12.4 Å². The molecular formula is C10H15N5O3S. The zero-order valence-electron chi connectivity index (χ0n) is 10.4. The fourth-order valence-electron chi connectivity index (χ4n) is 1.70. The Morgan fingerprint density at radius 3 is 2.58 bits per heavy atom. The van der Waals surface area contributed by atoms with Gasteiger partial charge in [0.2, 0.25) is 21.9 Å². The molecule has 9 heteroatoms. The van der Waals surface area contributed by atoms with E-state index >= 15 is 0 Å². The summed E-state index contributed by atoms with van der Waals surface area (Å²) < 4.78 is 26.6. The van der Waals surface area contributed by atoms with Crippen molar-refractivity contribution >= 4 is 21.9 Å². The van der Waals surface area contributed by atoms with Crippen LogP contribution in [0, 0.1) is 0 Å². The first-order valence-electron chi connectivity index (χ1n) is 5.80. The quantitative estimate of drug-likeness (QED) is 0.659. The van der Waals surface area contributed by atoms with Crippen LogP contribution in [0.3, 0.4) is 0 Å². The molecule has 0 radical (unpaired) electrons. The van der Waals surface area contributed by atoms with Crippen LogP contribution in [0.1, 0.15) is 12.8 Å². The van der Waals surface area contributed by atoms with Crippen LogP contribution in [0.15, 0.2) is 17.3 Å². The summed E-state index contributed by atoms with van der Waals surface area (Å²) in [6, 6.07) is -0.299. The molecule has 1 aromatic rings. The first-order valence-corrected chi connectivity index (χ1v) is 7.28. The number of anilines is 1. The van der Waals surface area contributed by atoms with Gasteiger partial charge in [0.1, 0.15) is 4.90 Å². The van der Waals surface area contributed by atoms with Crippen molar-refractivity contribution in [1.29, 1.82) is 0 Å². The number of rotatable bonds is 4. The molecule has 1 atom stereocenters. The molecule has 0 aromatic carbocycles. The predicted octanol–water partition coefficient (Wildman–Crippen LogP) is -0.925. The number of piperidine rings is 1. The van der Waals surface area contributed by atoms with Gasteiger partial charge in [0.25, 0.3) is 0 Å². The summed E-state index contributed by atoms with van der Waals surface area (Å²) in [5.74, 6) is 0.293. The molecule has 1 saturated heterocycles. The molecule has 1 amide bonds. The van der Waals surface area contributed by atoms with Crippen molar-refractivity contribution in [1.82, 2.24) is 20.0 Å². The van der Waals surface area contributed by atoms with Crippen LogP contribution in [0.4, 0.5) is 5.95 Å². The van der Waals surface area contributed by atoms with E-state index in [4.69, 9.17) is 0 Å². The van der Waals surface area contributed by atoms with Crippen LogP contribution in [0.5, 0.6) is 0 Å². The van der Waals surface area contributed by atoms with Crippen molar-refractivity contribution in [3.8, 4) is 0 Å². The summed E-state index contributed by atoms with van der Waals surface area (Å²) in [7, 11) is -2.01. The summed E-state index contributed by atoms with van der Waals surface area (Å²) >= 11 is 0. The van der Waals surface area contributed by atoms with E-state index in [1.807, 2.05) is 0 Å². The van der Waals surface area contributed by atoms with Crippen LogP contribution in [-0.2, 0) is 14.8 Å². The zero-order chi connectivity index (χ0) is 13.9. The maximum Gasteiger partial charge on any atom is 0.243 e. The number of carbonyl (C=O) groups is 1. The molecule has 0 aliphatic carbocycles. The van der Waals surface area contributed by atoms with Crippen LogP contribution in [0.2, 0.25) is 0 Å². The third kappa shape index (κ3) is 3.38. The molecule has 1 aliphatic heterocycles. The van der Waals surface area contributed by atoms with Gasteiger partial charge >= 0.3 is 0 Å². The van der Waals surface area contributed by atoms with E-state index in [1.54, 1.807) is 7.05 Å². The van der Waals surface area contributed by atoms with E-state index in [0.29, 0.717) is 25.3 Å². The van der Waals surface area contributed by atoms with E-state index in [2.05, 4.69) is 25.3 Å². The van der Waals surface area contributed by atoms with E-state index < -0.39 is 10.0 Å². The molecule has 2 heterocycles. The Hall–Kier alpha value is -1.74. The van der Waals surface area contributed by atoms with Crippen LogP contribution >= 0.6 is 0 Å². The van der Waals surface area contributed by atoms with Crippen molar-refractivity contribution in [2.75, 3.05) is 18.9 Å². The minimum absolute atomic E-state index is 0.00315. The highest BCUT2D eigenvalue weighted by molar-refractivity contribution is 7.89. The van der Waals surface area contributed by atoms with Gasteiger partial charge in [-0.1, -0.05) is 0 Å². The van der Waals surface area contributed by atoms with Crippen molar-refractivity contribution < 1.29 is 13.2 Å². The Balaban J connectivity index is 2.06. The second-order valence-corrected chi connectivity index (χ2v) is 5.87. The lowest BCUT2D eigenvalue weighted by Crippen LogP contribution is -2.47. The van der Waals surface area contributed by atoms with Gasteiger partial charge in [-0.3, -0.25) is 4.79 Å². The van der Waals surface area contributed by atoms with E-state index in [9.17, 15) is 13.2 Å². The van der Waals surface area contributed by atoms with Gasteiger partial charge in [0.15, 0.2) is 0 Å². The number of nitrogens with zero attached hydrogens (tertiary/aromatic N) is 2. The number of sulfonamides is 1. The largest absolute Gasteiger partial charge is 0.357 e. The fraction of sp³-hybridized carbons (Fsp3) is 0.500. The summed E-state index contributed by atoms with van der Waals surface area (Å²) in [4.78, 5) is 18.7. The molecule has 1 aliphatic rings. The molecule has 104 valence electrons. The molecule has 3 N–H and O–H groups in total. The number of amides is 1. The van der Waals surface area contributed by atoms with Crippen molar-refractivity contribution in [2.45, 2.75) is 23.8 Å². The summed E-state index contributed by atoms with van der Waals surface area (Å²) in [5, 5.41) is 5.32. The molecule has 1 fully saturated rings. The number of hydrogen-bond donors (Lipinski definition) is 3. The van der Waals surface area contributed by atoms with Crippen molar-refractivity contribution in [2.24, 2.45) is 0 Å². The summed E-state index contributed by atoms with van der Waals surface area (Å²) in [6.45, 7) is 0.299. The van der Waals surface area contributed by atoms with Gasteiger partial charge in [0, 0.05) is 26.1 Å². The van der Waals surface area contributed by atoms with Crippen molar-refractivity contribution in [3.05, 3.63) is 12.4 Å². The fourth-order valence-corrected chi connectivity index (χ4v) is 2.86. The zero-order valence-corrected chi connectivity index (χ0v) is 11.2. The second kappa shape index (κ2) is 5.49. The first kappa shape index (κ1) is 13.7. The SMILES string of the molecule is CNc1ncc(S(=O)(=O)NC2CCC(=O)NC2)cn1. The smallest absolute Gasteiger partial charge is 0.243 e. The standard InChI is InChI=1S/C10H15N5O3S/c1-11-10-13-5-8(6-14-10)19(17,18)15-7-2-3-9(16)12-4-7/h5-7,15H,2-4H2,1H3,(H,12,16)(H,11,13,14). The Morgan fingerprint density at radius 2 is 2.05 bits per heavy atom. The highest BCUT2D eigenvalue weighted by Crippen LogP contribution is 2.11. The van der Waals surface area contributed by atoms with Gasteiger partial charge < -0.3 is 10.6 Å². The molecule has 19 heavy (non-hydrogen) atoms. The number of carbonyl (C=O) groups excluding carboxylic acids is 1. The Morgan fingerprint density at radius 1 is 1.37 bits per heavy atom. The molecule has 0 spiro atoms. The van der Waals surface area contributed by atoms with Gasteiger partial charge in [-0.25, -0.2) is 23.1 Å². The van der Waals surface area contributed by atoms with Crippen LogP contribution in [-0.4, -0.2) is 43.9 Å². The molecule has 2 rings (SSSR count). The first-order chi connectivity index (χ1) is 9.01. The Bertz CT molecular complexity index is 547. The normalized spacial score (nSPS) is 19.8. The highest BCUT2D eigenvalue weighted by atomic mass is 32.2. The average Bonchev–Trinajstić information content (AvgIpc) is 2.41. The number of hydrogen-bond acceptors (Lipinski definition) is 6. The number of aromatic nitrogens is 2. The molecule has 0 bridgehead atoms. The molecular weight excluding hydrogens is 270 g/mol. The summed E-state index contributed by atoms with van der Waals surface area (Å²) in [6.07, 6.45) is 3.29. The van der Waals surface area contributed by atoms with Crippen molar-refractivity contribution in [3.63, 3.8) is 0 Å². The van der Waals surface area contributed by atoms with E-state index in [0.717, 1.165) is 0 Å². The third-order valence-electron chi connectivity index (χ3n) is 2.75. The molecule has 0 saturated carbocycles. The minimum Gasteiger partial charge on any atom is -0.357 e. The van der Waals surface area contributed by atoms with Gasteiger partial charge in [0.05, 0.1) is 12.4 Å². The molecule has 1 aromatic heterocycles. The predicted molar refractivity (Wildman–Crippen MR) is 67.9 cm³/mol. The minimum atomic E-state index is -3.66. The lowest BCUT2D eigenvalue weighted by molar-refractivity contribution is -0.122. The topological polar surface area (TPSA) is 113 Å². The van der Waals surface area contributed by atoms with E-state index in [-0.39, 0.29) is 16.8 Å². The lowest BCUT2D eigenvalue weighted by Gasteiger charge is -2.23. The van der Waals surface area contributed by atoms with Crippen LogP contribution in [0.25, 0.3) is 0 Å². The Labute approximate surface area is 111 Å².